The lowest BCUT2D eigenvalue weighted by Crippen LogP contribution is -2.56. The van der Waals surface area contributed by atoms with E-state index in [2.05, 4.69) is 19.8 Å². The van der Waals surface area contributed by atoms with Gasteiger partial charge in [-0.1, -0.05) is 6.07 Å². The molecule has 3 heterocycles. The maximum Gasteiger partial charge on any atom is 0.222 e. The van der Waals surface area contributed by atoms with Crippen LogP contribution in [0.2, 0.25) is 0 Å². The number of rotatable bonds is 6. The minimum absolute atomic E-state index is 0.221. The summed E-state index contributed by atoms with van der Waals surface area (Å²) in [5, 5.41) is 0. The Morgan fingerprint density at radius 3 is 3.00 bits per heavy atom. The van der Waals surface area contributed by atoms with E-state index in [1.54, 1.807) is 19.5 Å². The number of halogens is 1. The summed E-state index contributed by atoms with van der Waals surface area (Å²) in [7, 11) is 1.54. The summed E-state index contributed by atoms with van der Waals surface area (Å²) in [6.07, 6.45) is 6.76. The number of H-pyrrole nitrogens is 1. The van der Waals surface area contributed by atoms with Gasteiger partial charge in [-0.25, -0.2) is 9.37 Å². The van der Waals surface area contributed by atoms with Crippen LogP contribution in [0.25, 0.3) is 0 Å². The predicted octanol–water partition coefficient (Wildman–Crippen LogP) is 2.61. The van der Waals surface area contributed by atoms with Gasteiger partial charge in [0.15, 0.2) is 0 Å². The molecule has 0 saturated carbocycles. The van der Waals surface area contributed by atoms with E-state index in [9.17, 15) is 9.18 Å². The highest BCUT2D eigenvalue weighted by Crippen LogP contribution is 2.32. The van der Waals surface area contributed by atoms with Crippen LogP contribution in [0, 0.1) is 11.7 Å². The van der Waals surface area contributed by atoms with E-state index in [0.29, 0.717) is 36.2 Å². The lowest BCUT2D eigenvalue weighted by atomic mass is 9.83. The predicted molar refractivity (Wildman–Crippen MR) is 103 cm³/mol. The third kappa shape index (κ3) is 4.04. The quantitative estimate of drug-likeness (QED) is 0.829. The summed E-state index contributed by atoms with van der Waals surface area (Å²) in [6, 6.07) is 5.35. The Hall–Kier alpha value is -2.41. The van der Waals surface area contributed by atoms with Crippen LogP contribution in [-0.4, -0.2) is 58.5 Å². The monoisotopic (exact) mass is 386 g/mol. The van der Waals surface area contributed by atoms with E-state index >= 15 is 0 Å². The van der Waals surface area contributed by atoms with Crippen molar-refractivity contribution < 1.29 is 13.9 Å². The molecule has 2 aliphatic rings. The number of methoxy groups -OCH3 is 1. The van der Waals surface area contributed by atoms with Crippen molar-refractivity contribution in [3.8, 4) is 5.75 Å². The van der Waals surface area contributed by atoms with E-state index in [4.69, 9.17) is 4.74 Å². The van der Waals surface area contributed by atoms with Gasteiger partial charge in [0.1, 0.15) is 11.6 Å². The number of hydrogen-bond acceptors (Lipinski definition) is 4. The second kappa shape index (κ2) is 8.31. The van der Waals surface area contributed by atoms with Gasteiger partial charge in [0.05, 0.1) is 13.4 Å². The lowest BCUT2D eigenvalue weighted by Gasteiger charge is -2.47. The second-order valence-corrected chi connectivity index (χ2v) is 7.76. The zero-order chi connectivity index (χ0) is 19.5. The molecule has 2 unspecified atom stereocenters. The van der Waals surface area contributed by atoms with Gasteiger partial charge in [0, 0.05) is 68.6 Å². The first kappa shape index (κ1) is 18.9. The third-order valence-corrected chi connectivity index (χ3v) is 6.06. The highest BCUT2D eigenvalue weighted by Gasteiger charge is 2.39. The minimum atomic E-state index is -0.221. The van der Waals surface area contributed by atoms with Crippen molar-refractivity contribution in [3.05, 3.63) is 47.8 Å². The van der Waals surface area contributed by atoms with Crippen LogP contribution >= 0.6 is 0 Å². The first-order chi connectivity index (χ1) is 13.6. The van der Waals surface area contributed by atoms with Crippen LogP contribution in [0.3, 0.4) is 0 Å². The number of nitrogens with one attached hydrogen (secondary N) is 1. The number of carbonyl (C=O) groups is 1. The number of carbonyl (C=O) groups excluding carboxylic acids is 1. The molecule has 0 spiro atoms. The van der Waals surface area contributed by atoms with Crippen LogP contribution in [0.4, 0.5) is 4.39 Å². The average molecular weight is 386 g/mol. The molecular formula is C21H27FN4O2. The molecular weight excluding hydrogens is 359 g/mol. The van der Waals surface area contributed by atoms with Crippen molar-refractivity contribution in [1.82, 2.24) is 19.8 Å². The lowest BCUT2D eigenvalue weighted by molar-refractivity contribution is -0.141. The summed E-state index contributed by atoms with van der Waals surface area (Å²) in [5.41, 5.74) is 1.75. The normalized spacial score (nSPS) is 22.9. The zero-order valence-electron chi connectivity index (χ0n) is 16.2. The third-order valence-electron chi connectivity index (χ3n) is 6.06. The van der Waals surface area contributed by atoms with E-state index in [1.165, 1.54) is 6.07 Å². The second-order valence-electron chi connectivity index (χ2n) is 7.76. The van der Waals surface area contributed by atoms with E-state index in [-0.39, 0.29) is 11.7 Å². The van der Waals surface area contributed by atoms with Crippen molar-refractivity contribution in [1.29, 1.82) is 0 Å². The number of hydrogen-bond donors (Lipinski definition) is 1. The Bertz CT molecular complexity index is 811. The Kier molecular flexibility index (Phi) is 5.62. The number of aromatic amines is 1. The van der Waals surface area contributed by atoms with Crippen LogP contribution < -0.4 is 4.74 Å². The van der Waals surface area contributed by atoms with Crippen LogP contribution in [0.15, 0.2) is 30.7 Å². The van der Waals surface area contributed by atoms with Crippen LogP contribution in [0.1, 0.15) is 30.5 Å². The van der Waals surface area contributed by atoms with Crippen molar-refractivity contribution in [2.75, 3.05) is 26.7 Å². The van der Waals surface area contributed by atoms with Crippen LogP contribution in [0.5, 0.6) is 5.75 Å². The smallest absolute Gasteiger partial charge is 0.222 e. The summed E-state index contributed by atoms with van der Waals surface area (Å²) in [6.45, 7) is 3.11. The maximum absolute atomic E-state index is 14.3. The summed E-state index contributed by atoms with van der Waals surface area (Å²) >= 11 is 0. The van der Waals surface area contributed by atoms with Gasteiger partial charge in [0.25, 0.3) is 0 Å². The van der Waals surface area contributed by atoms with Crippen molar-refractivity contribution in [3.63, 3.8) is 0 Å². The SMILES string of the molecule is COc1ccc(CN2CCC3C(CCC(=O)N3CCc3cnc[nH]3)C2)c(F)c1. The fraction of sp³-hybridized carbons (Fsp3) is 0.524. The molecule has 2 fully saturated rings. The number of fused-ring (bicyclic) bond motifs is 1. The van der Waals surface area contributed by atoms with Gasteiger partial charge in [-0.15, -0.1) is 0 Å². The number of imidazole rings is 1. The van der Waals surface area contributed by atoms with Gasteiger partial charge in [-0.05, 0) is 24.8 Å². The Labute approximate surface area is 164 Å². The summed E-state index contributed by atoms with van der Waals surface area (Å²) in [5.74, 6) is 1.03. The van der Waals surface area contributed by atoms with E-state index in [0.717, 1.165) is 44.6 Å². The number of piperidine rings is 2. The standard InChI is InChI=1S/C21H27FN4O2/c1-28-18-4-2-15(19(22)10-18)12-25-8-7-20-16(13-25)3-5-21(27)26(20)9-6-17-11-23-14-24-17/h2,4,10-11,14,16,20H,3,5-9,12-13H2,1H3,(H,23,24). The Morgan fingerprint density at radius 1 is 1.36 bits per heavy atom. The fourth-order valence-electron chi connectivity index (χ4n) is 4.55. The largest absolute Gasteiger partial charge is 0.497 e. The topological polar surface area (TPSA) is 61.5 Å². The number of likely N-dealkylation sites (tertiary alicyclic amines) is 2. The van der Waals surface area contributed by atoms with Gasteiger partial charge in [-0.2, -0.15) is 0 Å². The molecule has 1 aromatic carbocycles. The highest BCUT2D eigenvalue weighted by atomic mass is 19.1. The molecule has 2 saturated heterocycles. The Balaban J connectivity index is 1.38. The summed E-state index contributed by atoms with van der Waals surface area (Å²) in [4.78, 5) is 24.1. The molecule has 150 valence electrons. The van der Waals surface area contributed by atoms with Crippen LogP contribution in [-0.2, 0) is 17.8 Å². The molecule has 1 aromatic heterocycles. The average Bonchev–Trinajstić information content (AvgIpc) is 3.22. The fourth-order valence-corrected chi connectivity index (χ4v) is 4.55. The molecule has 1 N–H and O–H groups in total. The number of nitrogens with zero attached hydrogens (tertiary/aromatic N) is 3. The van der Waals surface area contributed by atoms with Gasteiger partial charge in [-0.3, -0.25) is 9.69 Å². The molecule has 4 rings (SSSR count). The Morgan fingerprint density at radius 2 is 2.25 bits per heavy atom. The minimum Gasteiger partial charge on any atom is -0.497 e. The molecule has 0 aliphatic carbocycles. The molecule has 2 atom stereocenters. The molecule has 1 amide bonds. The number of aromatic nitrogens is 2. The number of amides is 1. The zero-order valence-corrected chi connectivity index (χ0v) is 16.2. The van der Waals surface area contributed by atoms with Crippen molar-refractivity contribution in [2.24, 2.45) is 5.92 Å². The molecule has 0 bridgehead atoms. The molecule has 2 aromatic rings. The van der Waals surface area contributed by atoms with Crippen molar-refractivity contribution >= 4 is 5.91 Å². The molecule has 0 radical (unpaired) electrons. The molecule has 28 heavy (non-hydrogen) atoms. The van der Waals surface area contributed by atoms with Crippen molar-refractivity contribution in [2.45, 2.75) is 38.3 Å². The van der Waals surface area contributed by atoms with Gasteiger partial charge < -0.3 is 14.6 Å². The molecule has 6 nitrogen and oxygen atoms in total. The first-order valence-corrected chi connectivity index (χ1v) is 9.95. The summed E-state index contributed by atoms with van der Waals surface area (Å²) < 4.78 is 19.4. The van der Waals surface area contributed by atoms with E-state index < -0.39 is 0 Å². The number of benzene rings is 1. The maximum atomic E-state index is 14.3. The molecule has 2 aliphatic heterocycles. The van der Waals surface area contributed by atoms with Gasteiger partial charge >= 0.3 is 0 Å². The first-order valence-electron chi connectivity index (χ1n) is 9.95. The van der Waals surface area contributed by atoms with Gasteiger partial charge in [0.2, 0.25) is 5.91 Å². The highest BCUT2D eigenvalue weighted by molar-refractivity contribution is 5.77. The number of ether oxygens (including phenoxy) is 1. The molecule has 7 heteroatoms. The van der Waals surface area contributed by atoms with E-state index in [1.807, 2.05) is 12.3 Å².